The lowest BCUT2D eigenvalue weighted by atomic mass is 10.3. The number of carbonyl (C=O) groups excluding carboxylic acids is 1. The fourth-order valence-electron chi connectivity index (χ4n) is 1.77. The maximum absolute atomic E-state index is 11.3. The summed E-state index contributed by atoms with van der Waals surface area (Å²) in [5, 5.41) is 10.1. The molecule has 1 N–H and O–H groups in total. The summed E-state index contributed by atoms with van der Waals surface area (Å²) in [6.07, 6.45) is 2.90. The van der Waals surface area contributed by atoms with Crippen LogP contribution in [-0.4, -0.2) is 33.9 Å². The van der Waals surface area contributed by atoms with Crippen LogP contribution < -0.4 is 5.32 Å². The Labute approximate surface area is 121 Å². The highest BCUT2D eigenvalue weighted by Gasteiger charge is 2.08. The molecule has 0 atom stereocenters. The van der Waals surface area contributed by atoms with E-state index in [4.69, 9.17) is 4.74 Å². The maximum atomic E-state index is 11.3. The van der Waals surface area contributed by atoms with Crippen molar-refractivity contribution >= 4 is 22.4 Å². The third-order valence-electron chi connectivity index (χ3n) is 2.76. The summed E-state index contributed by atoms with van der Waals surface area (Å²) in [5.41, 5.74) is 1.91. The molecule has 0 aromatic carbocycles. The van der Waals surface area contributed by atoms with Gasteiger partial charge in [0.1, 0.15) is 0 Å². The van der Waals surface area contributed by atoms with Crippen LogP contribution >= 0.6 is 11.3 Å². The predicted molar refractivity (Wildman–Crippen MR) is 77.9 cm³/mol. The molecule has 2 rings (SSSR count). The van der Waals surface area contributed by atoms with E-state index in [1.165, 1.54) is 17.0 Å². The molecule has 2 aromatic heterocycles. The van der Waals surface area contributed by atoms with Gasteiger partial charge in [-0.3, -0.25) is 9.48 Å². The molecular formula is C13H18N4O2S. The summed E-state index contributed by atoms with van der Waals surface area (Å²) >= 11 is 1.50. The molecule has 0 radical (unpaired) electrons. The number of nitrogens with one attached hydrogen (secondary N) is 1. The Kier molecular flexibility index (Phi) is 5.11. The second-order valence-corrected chi connectivity index (χ2v) is 5.11. The van der Waals surface area contributed by atoms with Gasteiger partial charge in [-0.25, -0.2) is 4.98 Å². The van der Waals surface area contributed by atoms with Crippen molar-refractivity contribution in [3.05, 3.63) is 29.0 Å². The van der Waals surface area contributed by atoms with Gasteiger partial charge in [-0.1, -0.05) is 0 Å². The Morgan fingerprint density at radius 2 is 2.40 bits per heavy atom. The van der Waals surface area contributed by atoms with E-state index >= 15 is 0 Å². The summed E-state index contributed by atoms with van der Waals surface area (Å²) in [6.45, 7) is 2.98. The van der Waals surface area contributed by atoms with Gasteiger partial charge in [0.05, 0.1) is 18.7 Å². The molecule has 2 aromatic rings. The molecule has 0 unspecified atom stereocenters. The number of esters is 1. The zero-order chi connectivity index (χ0) is 14.4. The second kappa shape index (κ2) is 7.04. The zero-order valence-electron chi connectivity index (χ0n) is 11.6. The Morgan fingerprint density at radius 1 is 1.55 bits per heavy atom. The average molecular weight is 294 g/mol. The Morgan fingerprint density at radius 3 is 3.10 bits per heavy atom. The van der Waals surface area contributed by atoms with Gasteiger partial charge in [-0.05, 0) is 13.0 Å². The molecule has 108 valence electrons. The topological polar surface area (TPSA) is 69.0 Å². The number of anilines is 1. The van der Waals surface area contributed by atoms with E-state index < -0.39 is 0 Å². The van der Waals surface area contributed by atoms with Crippen molar-refractivity contribution in [3.8, 4) is 0 Å². The molecule has 2 heterocycles. The first-order valence-electron chi connectivity index (χ1n) is 6.49. The number of aryl methyl sites for hydroxylation is 1. The van der Waals surface area contributed by atoms with E-state index in [0.29, 0.717) is 6.61 Å². The highest BCUT2D eigenvalue weighted by Crippen LogP contribution is 2.16. The number of hydrogen-bond acceptors (Lipinski definition) is 6. The van der Waals surface area contributed by atoms with E-state index in [9.17, 15) is 4.79 Å². The number of ether oxygens (including phenoxy) is 1. The summed E-state index contributed by atoms with van der Waals surface area (Å²) in [7, 11) is 1.93. The lowest BCUT2D eigenvalue weighted by molar-refractivity contribution is -0.142. The van der Waals surface area contributed by atoms with Crippen LogP contribution in [0.2, 0.25) is 0 Å². The predicted octanol–water partition coefficient (Wildman–Crippen LogP) is 1.64. The Bertz CT molecular complexity index is 564. The van der Waals surface area contributed by atoms with Gasteiger partial charge < -0.3 is 10.1 Å². The number of nitrogens with zero attached hydrogens (tertiary/aromatic N) is 3. The van der Waals surface area contributed by atoms with Crippen LogP contribution in [0.4, 0.5) is 5.13 Å². The van der Waals surface area contributed by atoms with E-state index in [-0.39, 0.29) is 12.4 Å². The van der Waals surface area contributed by atoms with E-state index in [1.807, 2.05) is 23.2 Å². The van der Waals surface area contributed by atoms with Crippen LogP contribution in [0.1, 0.15) is 18.3 Å². The molecule has 20 heavy (non-hydrogen) atoms. The van der Waals surface area contributed by atoms with Crippen molar-refractivity contribution < 1.29 is 9.53 Å². The van der Waals surface area contributed by atoms with Gasteiger partial charge in [0.2, 0.25) is 0 Å². The molecule has 6 nitrogen and oxygen atoms in total. The minimum atomic E-state index is -0.237. The van der Waals surface area contributed by atoms with Crippen LogP contribution in [0.3, 0.4) is 0 Å². The van der Waals surface area contributed by atoms with Crippen LogP contribution in [0.25, 0.3) is 0 Å². The largest absolute Gasteiger partial charge is 0.466 e. The van der Waals surface area contributed by atoms with Crippen LogP contribution in [0.15, 0.2) is 17.6 Å². The molecule has 7 heteroatoms. The number of rotatable bonds is 7. The van der Waals surface area contributed by atoms with E-state index in [2.05, 4.69) is 15.4 Å². The summed E-state index contributed by atoms with van der Waals surface area (Å²) in [5.74, 6) is -0.237. The van der Waals surface area contributed by atoms with Crippen LogP contribution in [0, 0.1) is 0 Å². The molecule has 0 amide bonds. The van der Waals surface area contributed by atoms with Gasteiger partial charge in [0.25, 0.3) is 0 Å². The van der Waals surface area contributed by atoms with Gasteiger partial charge in [0, 0.05) is 37.3 Å². The van der Waals surface area contributed by atoms with Crippen molar-refractivity contribution in [1.82, 2.24) is 14.8 Å². The van der Waals surface area contributed by atoms with Gasteiger partial charge >= 0.3 is 5.97 Å². The minimum absolute atomic E-state index is 0.230. The normalized spacial score (nSPS) is 10.5. The Hall–Kier alpha value is -1.89. The summed E-state index contributed by atoms with van der Waals surface area (Å²) < 4.78 is 6.75. The van der Waals surface area contributed by atoms with Gasteiger partial charge in [-0.2, -0.15) is 5.10 Å². The quantitative estimate of drug-likeness (QED) is 0.786. The number of hydrogen-bond donors (Lipinski definition) is 1. The fourth-order valence-corrected chi connectivity index (χ4v) is 2.51. The summed E-state index contributed by atoms with van der Waals surface area (Å²) in [6, 6.07) is 2.00. The van der Waals surface area contributed by atoms with Crippen molar-refractivity contribution in [3.63, 3.8) is 0 Å². The van der Waals surface area contributed by atoms with Crippen molar-refractivity contribution in [1.29, 1.82) is 0 Å². The maximum Gasteiger partial charge on any atom is 0.311 e. The molecule has 0 spiro atoms. The van der Waals surface area contributed by atoms with Crippen molar-refractivity contribution in [2.45, 2.75) is 19.8 Å². The highest BCUT2D eigenvalue weighted by atomic mass is 32.1. The molecule has 0 aliphatic rings. The van der Waals surface area contributed by atoms with Crippen LogP contribution in [-0.2, 0) is 29.4 Å². The first-order valence-corrected chi connectivity index (χ1v) is 7.37. The molecular weight excluding hydrogens is 276 g/mol. The zero-order valence-corrected chi connectivity index (χ0v) is 12.4. The van der Waals surface area contributed by atoms with Crippen molar-refractivity contribution in [2.24, 2.45) is 7.05 Å². The smallest absolute Gasteiger partial charge is 0.311 e. The summed E-state index contributed by atoms with van der Waals surface area (Å²) in [4.78, 5) is 15.7. The first-order chi connectivity index (χ1) is 9.69. The molecule has 0 fully saturated rings. The standard InChI is InChI=1S/C13H18N4O2S/c1-3-19-12(18)8-10-9-20-13(16-10)14-6-4-11-5-7-15-17(11)2/h5,7,9H,3-4,6,8H2,1-2H3,(H,14,16). The third-order valence-corrected chi connectivity index (χ3v) is 3.61. The average Bonchev–Trinajstić information content (AvgIpc) is 3.00. The number of carbonyl (C=O) groups is 1. The lowest BCUT2D eigenvalue weighted by Crippen LogP contribution is -2.09. The highest BCUT2D eigenvalue weighted by molar-refractivity contribution is 7.13. The van der Waals surface area contributed by atoms with E-state index in [0.717, 1.165) is 23.8 Å². The molecule has 0 bridgehead atoms. The monoisotopic (exact) mass is 294 g/mol. The number of aromatic nitrogens is 3. The molecule has 0 aliphatic carbocycles. The van der Waals surface area contributed by atoms with Crippen LogP contribution in [0.5, 0.6) is 0 Å². The van der Waals surface area contributed by atoms with Gasteiger partial charge in [0.15, 0.2) is 5.13 Å². The van der Waals surface area contributed by atoms with Gasteiger partial charge in [-0.15, -0.1) is 11.3 Å². The molecule has 0 saturated carbocycles. The second-order valence-electron chi connectivity index (χ2n) is 4.25. The third kappa shape index (κ3) is 4.06. The Balaban J connectivity index is 1.78. The SMILES string of the molecule is CCOC(=O)Cc1csc(NCCc2ccnn2C)n1. The minimum Gasteiger partial charge on any atom is -0.466 e. The van der Waals surface area contributed by atoms with Crippen molar-refractivity contribution in [2.75, 3.05) is 18.5 Å². The van der Waals surface area contributed by atoms with E-state index in [1.54, 1.807) is 13.1 Å². The molecule has 0 aliphatic heterocycles. The lowest BCUT2D eigenvalue weighted by Gasteiger charge is -2.03. The number of thiazole rings is 1. The molecule has 0 saturated heterocycles. The first kappa shape index (κ1) is 14.5. The fraction of sp³-hybridized carbons (Fsp3) is 0.462.